The fourth-order valence-electron chi connectivity index (χ4n) is 2.54. The number of nitrogens with one attached hydrogen (secondary N) is 2. The fourth-order valence-corrected chi connectivity index (χ4v) is 2.54. The maximum Gasteiger partial charge on any atom is 0.253 e. The second-order valence-corrected chi connectivity index (χ2v) is 5.58. The van der Waals surface area contributed by atoms with Gasteiger partial charge in [-0.2, -0.15) is 5.21 Å². The minimum absolute atomic E-state index is 0.0828. The molecule has 0 aliphatic carbocycles. The zero-order valence-electron chi connectivity index (χ0n) is 13.2. The van der Waals surface area contributed by atoms with E-state index in [1.807, 2.05) is 62.1 Å². The van der Waals surface area contributed by atoms with Gasteiger partial charge in [0, 0.05) is 25.0 Å². The molecule has 0 saturated heterocycles. The number of benzene rings is 1. The molecule has 1 amide bonds. The second-order valence-electron chi connectivity index (χ2n) is 5.58. The number of carbonyl (C=O) groups excluding carboxylic acids is 1. The third kappa shape index (κ3) is 3.13. The van der Waals surface area contributed by atoms with Crippen molar-refractivity contribution in [2.45, 2.75) is 19.9 Å². The van der Waals surface area contributed by atoms with Gasteiger partial charge in [-0.25, -0.2) is 0 Å². The Morgan fingerprint density at radius 2 is 2.17 bits per heavy atom. The van der Waals surface area contributed by atoms with Crippen LogP contribution in [0.5, 0.6) is 0 Å². The van der Waals surface area contributed by atoms with Gasteiger partial charge in [-0.05, 0) is 36.3 Å². The molecule has 2 heterocycles. The van der Waals surface area contributed by atoms with Crippen LogP contribution in [0, 0.1) is 6.92 Å². The van der Waals surface area contributed by atoms with Gasteiger partial charge < -0.3 is 9.88 Å². The Morgan fingerprint density at radius 3 is 2.83 bits per heavy atom. The highest BCUT2D eigenvalue weighted by Crippen LogP contribution is 2.20. The maximum atomic E-state index is 12.4. The van der Waals surface area contributed by atoms with Gasteiger partial charge in [-0.1, -0.05) is 18.2 Å². The molecule has 118 valence electrons. The molecular formula is C16H18N6O. The topological polar surface area (TPSA) is 88.5 Å². The summed E-state index contributed by atoms with van der Waals surface area (Å²) in [6.07, 6.45) is 3.75. The van der Waals surface area contributed by atoms with E-state index in [-0.39, 0.29) is 11.9 Å². The summed E-state index contributed by atoms with van der Waals surface area (Å²) in [5, 5.41) is 17.0. The van der Waals surface area contributed by atoms with Crippen molar-refractivity contribution in [2.75, 3.05) is 0 Å². The van der Waals surface area contributed by atoms with E-state index in [0.29, 0.717) is 11.4 Å². The molecule has 23 heavy (non-hydrogen) atoms. The van der Waals surface area contributed by atoms with Crippen molar-refractivity contribution in [1.82, 2.24) is 30.5 Å². The average Bonchev–Trinajstić information content (AvgIpc) is 3.17. The molecule has 0 spiro atoms. The first kappa shape index (κ1) is 15.0. The lowest BCUT2D eigenvalue weighted by molar-refractivity contribution is 0.0939. The SMILES string of the molecule is Cc1cn(C)cc1C(=O)NC(C)c1cccc(-c2nn[nH]n2)c1. The normalized spacial score (nSPS) is 12.1. The lowest BCUT2D eigenvalue weighted by atomic mass is 10.0. The summed E-state index contributed by atoms with van der Waals surface area (Å²) in [7, 11) is 1.90. The van der Waals surface area contributed by atoms with E-state index >= 15 is 0 Å². The summed E-state index contributed by atoms with van der Waals surface area (Å²) >= 11 is 0. The Labute approximate surface area is 133 Å². The van der Waals surface area contributed by atoms with Gasteiger partial charge in [0.15, 0.2) is 0 Å². The second kappa shape index (κ2) is 6.04. The summed E-state index contributed by atoms with van der Waals surface area (Å²) in [6, 6.07) is 7.61. The number of H-pyrrole nitrogens is 1. The molecule has 0 aliphatic heterocycles. The molecule has 1 atom stereocenters. The predicted octanol–water partition coefficient (Wildman–Crippen LogP) is 2.00. The molecule has 1 aromatic carbocycles. The molecule has 0 radical (unpaired) electrons. The first-order valence-electron chi connectivity index (χ1n) is 7.32. The number of hydrogen-bond donors (Lipinski definition) is 2. The maximum absolute atomic E-state index is 12.4. The fraction of sp³-hybridized carbons (Fsp3) is 0.250. The Balaban J connectivity index is 1.78. The number of aryl methyl sites for hydroxylation is 2. The molecular weight excluding hydrogens is 292 g/mol. The van der Waals surface area contributed by atoms with Crippen LogP contribution in [0.2, 0.25) is 0 Å². The van der Waals surface area contributed by atoms with Gasteiger partial charge in [-0.15, -0.1) is 10.2 Å². The number of amides is 1. The molecule has 0 bridgehead atoms. The molecule has 7 nitrogen and oxygen atoms in total. The zero-order valence-corrected chi connectivity index (χ0v) is 13.2. The van der Waals surface area contributed by atoms with Crippen molar-refractivity contribution in [2.24, 2.45) is 7.05 Å². The number of aromatic amines is 1. The Bertz CT molecular complexity index is 821. The van der Waals surface area contributed by atoms with Gasteiger partial charge in [0.05, 0.1) is 11.6 Å². The van der Waals surface area contributed by atoms with Crippen molar-refractivity contribution in [1.29, 1.82) is 0 Å². The monoisotopic (exact) mass is 310 g/mol. The summed E-state index contributed by atoms with van der Waals surface area (Å²) in [5.74, 6) is 0.449. The number of carbonyl (C=O) groups is 1. The van der Waals surface area contributed by atoms with Crippen LogP contribution in [0.15, 0.2) is 36.7 Å². The van der Waals surface area contributed by atoms with Gasteiger partial charge in [-0.3, -0.25) is 4.79 Å². The Hall–Kier alpha value is -2.96. The molecule has 0 aliphatic rings. The summed E-state index contributed by atoms with van der Waals surface area (Å²) in [4.78, 5) is 12.4. The van der Waals surface area contributed by atoms with Gasteiger partial charge in [0.1, 0.15) is 0 Å². The van der Waals surface area contributed by atoms with Crippen molar-refractivity contribution in [3.05, 3.63) is 53.3 Å². The molecule has 3 rings (SSSR count). The standard InChI is InChI=1S/C16H18N6O/c1-10-8-22(3)9-14(10)16(23)17-11(2)12-5-4-6-13(7-12)15-18-20-21-19-15/h4-9,11H,1-3H3,(H,17,23)(H,18,19,20,21). The van der Waals surface area contributed by atoms with Gasteiger partial charge in [0.2, 0.25) is 5.82 Å². The average molecular weight is 310 g/mol. The van der Waals surface area contributed by atoms with Crippen LogP contribution < -0.4 is 5.32 Å². The molecule has 3 aromatic rings. The van der Waals surface area contributed by atoms with E-state index in [1.165, 1.54) is 0 Å². The van der Waals surface area contributed by atoms with E-state index < -0.39 is 0 Å². The highest BCUT2D eigenvalue weighted by molar-refractivity contribution is 5.95. The van der Waals surface area contributed by atoms with Crippen LogP contribution >= 0.6 is 0 Å². The van der Waals surface area contributed by atoms with Crippen molar-refractivity contribution >= 4 is 5.91 Å². The van der Waals surface area contributed by atoms with Gasteiger partial charge in [0.25, 0.3) is 5.91 Å². The Kier molecular flexibility index (Phi) is 3.92. The highest BCUT2D eigenvalue weighted by Gasteiger charge is 2.15. The number of hydrogen-bond acceptors (Lipinski definition) is 4. The molecule has 2 aromatic heterocycles. The van der Waals surface area contributed by atoms with Crippen LogP contribution in [0.3, 0.4) is 0 Å². The van der Waals surface area contributed by atoms with Crippen LogP contribution in [-0.4, -0.2) is 31.1 Å². The van der Waals surface area contributed by atoms with E-state index in [0.717, 1.165) is 16.7 Å². The highest BCUT2D eigenvalue weighted by atomic mass is 16.1. The Morgan fingerprint density at radius 1 is 1.35 bits per heavy atom. The third-order valence-corrected chi connectivity index (χ3v) is 3.74. The van der Waals surface area contributed by atoms with E-state index in [2.05, 4.69) is 25.9 Å². The first-order chi connectivity index (χ1) is 11.0. The number of aromatic nitrogens is 5. The quantitative estimate of drug-likeness (QED) is 0.771. The number of tetrazole rings is 1. The summed E-state index contributed by atoms with van der Waals surface area (Å²) < 4.78 is 1.88. The molecule has 0 saturated carbocycles. The van der Waals surface area contributed by atoms with Crippen LogP contribution in [0.1, 0.15) is 34.5 Å². The zero-order chi connectivity index (χ0) is 16.4. The minimum atomic E-state index is -0.131. The largest absolute Gasteiger partial charge is 0.356 e. The lowest BCUT2D eigenvalue weighted by Crippen LogP contribution is -2.26. The smallest absolute Gasteiger partial charge is 0.253 e. The molecule has 2 N–H and O–H groups in total. The minimum Gasteiger partial charge on any atom is -0.356 e. The summed E-state index contributed by atoms with van der Waals surface area (Å²) in [6.45, 7) is 3.88. The summed E-state index contributed by atoms with van der Waals surface area (Å²) in [5.41, 5.74) is 3.48. The van der Waals surface area contributed by atoms with Gasteiger partial charge >= 0.3 is 0 Å². The van der Waals surface area contributed by atoms with E-state index in [1.54, 1.807) is 0 Å². The van der Waals surface area contributed by atoms with Crippen LogP contribution in [0.4, 0.5) is 0 Å². The van der Waals surface area contributed by atoms with Crippen molar-refractivity contribution in [3.63, 3.8) is 0 Å². The van der Waals surface area contributed by atoms with Crippen molar-refractivity contribution < 1.29 is 4.79 Å². The van der Waals surface area contributed by atoms with E-state index in [4.69, 9.17) is 0 Å². The number of rotatable bonds is 4. The lowest BCUT2D eigenvalue weighted by Gasteiger charge is -2.15. The molecule has 0 fully saturated rings. The van der Waals surface area contributed by atoms with E-state index in [9.17, 15) is 4.79 Å². The molecule has 1 unspecified atom stereocenters. The van der Waals surface area contributed by atoms with Crippen molar-refractivity contribution in [3.8, 4) is 11.4 Å². The molecule has 7 heteroatoms. The predicted molar refractivity (Wildman–Crippen MR) is 85.6 cm³/mol. The number of nitrogens with zero attached hydrogens (tertiary/aromatic N) is 4. The first-order valence-corrected chi connectivity index (χ1v) is 7.32. The third-order valence-electron chi connectivity index (χ3n) is 3.74. The van der Waals surface area contributed by atoms with Crippen LogP contribution in [-0.2, 0) is 7.05 Å². The van der Waals surface area contributed by atoms with Crippen LogP contribution in [0.25, 0.3) is 11.4 Å².